The standard InChI is InChI=1S/C32H23ClN2O4/c1-39-25-14-13-18(33)16-24(25)34-30(36)17-7-6-8-19(15-17)35-31(37)28-26-20-9-2-3-10-21(20)27(29(28)32(35)38)23-12-5-4-11-22(23)26/h2-16,26-29H,1H3,(H,34,36)/t26?,27?,28-,29-/m0/s1. The first-order chi connectivity index (χ1) is 19.0. The van der Waals surface area contributed by atoms with Crippen LogP contribution in [0.15, 0.2) is 91.0 Å². The van der Waals surface area contributed by atoms with Gasteiger partial charge in [0.1, 0.15) is 5.75 Å². The minimum atomic E-state index is -0.486. The Morgan fingerprint density at radius 1 is 0.769 bits per heavy atom. The Morgan fingerprint density at radius 3 is 1.87 bits per heavy atom. The van der Waals surface area contributed by atoms with Crippen LogP contribution in [0.2, 0.25) is 5.02 Å². The first-order valence-electron chi connectivity index (χ1n) is 12.8. The van der Waals surface area contributed by atoms with E-state index in [1.807, 2.05) is 24.3 Å². The van der Waals surface area contributed by atoms with Crippen molar-refractivity contribution in [1.82, 2.24) is 0 Å². The molecule has 8 rings (SSSR count). The highest BCUT2D eigenvalue weighted by atomic mass is 35.5. The third-order valence-corrected chi connectivity index (χ3v) is 8.46. The molecule has 0 spiro atoms. The summed E-state index contributed by atoms with van der Waals surface area (Å²) in [4.78, 5) is 42.5. The molecule has 0 radical (unpaired) electrons. The Hall–Kier alpha value is -4.42. The fourth-order valence-corrected chi connectivity index (χ4v) is 6.86. The highest BCUT2D eigenvalue weighted by Crippen LogP contribution is 2.61. The molecule has 6 nitrogen and oxygen atoms in total. The van der Waals surface area contributed by atoms with Crippen molar-refractivity contribution in [1.29, 1.82) is 0 Å². The van der Waals surface area contributed by atoms with Gasteiger partial charge < -0.3 is 10.1 Å². The molecule has 1 saturated heterocycles. The highest BCUT2D eigenvalue weighted by Gasteiger charge is 2.61. The lowest BCUT2D eigenvalue weighted by atomic mass is 9.55. The van der Waals surface area contributed by atoms with Crippen LogP contribution in [-0.2, 0) is 9.59 Å². The first-order valence-corrected chi connectivity index (χ1v) is 13.2. The average molecular weight is 535 g/mol. The molecule has 39 heavy (non-hydrogen) atoms. The fourth-order valence-electron chi connectivity index (χ4n) is 6.69. The minimum Gasteiger partial charge on any atom is -0.495 e. The van der Waals surface area contributed by atoms with Gasteiger partial charge >= 0.3 is 0 Å². The van der Waals surface area contributed by atoms with Crippen LogP contribution in [0.4, 0.5) is 11.4 Å². The van der Waals surface area contributed by atoms with E-state index in [9.17, 15) is 14.4 Å². The number of amides is 3. The lowest BCUT2D eigenvalue weighted by molar-refractivity contribution is -0.122. The first kappa shape index (κ1) is 23.7. The maximum atomic E-state index is 14.0. The van der Waals surface area contributed by atoms with E-state index in [2.05, 4.69) is 29.6 Å². The third kappa shape index (κ3) is 3.45. The minimum absolute atomic E-state index is 0.185. The van der Waals surface area contributed by atoms with Gasteiger partial charge in [-0.05, 0) is 58.7 Å². The van der Waals surface area contributed by atoms with Crippen molar-refractivity contribution in [3.63, 3.8) is 0 Å². The molecular formula is C32H23ClN2O4. The van der Waals surface area contributed by atoms with Gasteiger partial charge in [-0.1, -0.05) is 66.2 Å². The van der Waals surface area contributed by atoms with Crippen molar-refractivity contribution in [2.45, 2.75) is 11.8 Å². The van der Waals surface area contributed by atoms with Crippen LogP contribution < -0.4 is 15.0 Å². The topological polar surface area (TPSA) is 75.7 Å². The van der Waals surface area contributed by atoms with Crippen molar-refractivity contribution < 1.29 is 19.1 Å². The van der Waals surface area contributed by atoms with Gasteiger partial charge in [-0.2, -0.15) is 0 Å². The molecule has 1 fully saturated rings. The molecule has 0 unspecified atom stereocenters. The van der Waals surface area contributed by atoms with Crippen molar-refractivity contribution in [3.8, 4) is 5.75 Å². The van der Waals surface area contributed by atoms with Crippen molar-refractivity contribution in [2.75, 3.05) is 17.3 Å². The molecule has 4 aromatic carbocycles. The number of methoxy groups -OCH3 is 1. The normalized spacial score (nSPS) is 22.3. The smallest absolute Gasteiger partial charge is 0.255 e. The van der Waals surface area contributed by atoms with Crippen LogP contribution in [0.5, 0.6) is 5.75 Å². The highest BCUT2D eigenvalue weighted by molar-refractivity contribution is 6.31. The molecule has 1 heterocycles. The zero-order chi connectivity index (χ0) is 26.8. The lowest BCUT2D eigenvalue weighted by Gasteiger charge is -2.45. The molecule has 4 aromatic rings. The number of ether oxygens (including phenoxy) is 1. The number of carbonyl (C=O) groups is 3. The molecule has 3 amide bonds. The summed E-state index contributed by atoms with van der Waals surface area (Å²) in [6.07, 6.45) is 0. The monoisotopic (exact) mass is 534 g/mol. The summed E-state index contributed by atoms with van der Waals surface area (Å²) >= 11 is 6.11. The van der Waals surface area contributed by atoms with E-state index in [1.54, 1.807) is 42.5 Å². The van der Waals surface area contributed by atoms with Crippen LogP contribution >= 0.6 is 11.6 Å². The molecule has 1 aliphatic heterocycles. The quantitative estimate of drug-likeness (QED) is 0.326. The second-order valence-corrected chi connectivity index (χ2v) is 10.6. The largest absolute Gasteiger partial charge is 0.495 e. The van der Waals surface area contributed by atoms with Gasteiger partial charge in [-0.25, -0.2) is 4.90 Å². The number of nitrogens with one attached hydrogen (secondary N) is 1. The molecule has 3 aliphatic carbocycles. The zero-order valence-electron chi connectivity index (χ0n) is 20.9. The molecule has 0 aromatic heterocycles. The van der Waals surface area contributed by atoms with Gasteiger partial charge in [-0.15, -0.1) is 0 Å². The Kier molecular flexibility index (Phi) is 5.35. The predicted octanol–water partition coefficient (Wildman–Crippen LogP) is 6.00. The second-order valence-electron chi connectivity index (χ2n) is 10.1. The molecule has 1 N–H and O–H groups in total. The van der Waals surface area contributed by atoms with E-state index in [4.69, 9.17) is 16.3 Å². The number of rotatable bonds is 4. The van der Waals surface area contributed by atoms with Gasteiger partial charge in [0.05, 0.1) is 30.3 Å². The maximum Gasteiger partial charge on any atom is 0.255 e. The van der Waals surface area contributed by atoms with Crippen molar-refractivity contribution in [3.05, 3.63) is 124 Å². The zero-order valence-corrected chi connectivity index (χ0v) is 21.7. The summed E-state index contributed by atoms with van der Waals surface area (Å²) in [5.41, 5.74) is 5.59. The molecular weight excluding hydrogens is 512 g/mol. The van der Waals surface area contributed by atoms with Crippen LogP contribution in [0, 0.1) is 11.8 Å². The molecule has 7 heteroatoms. The van der Waals surface area contributed by atoms with Crippen molar-refractivity contribution >= 4 is 40.7 Å². The summed E-state index contributed by atoms with van der Waals surface area (Å²) in [6.45, 7) is 0. The summed E-state index contributed by atoms with van der Waals surface area (Å²) < 4.78 is 5.33. The number of nitrogens with zero attached hydrogens (tertiary/aromatic N) is 1. The Bertz CT molecular complexity index is 1580. The number of hydrogen-bond acceptors (Lipinski definition) is 4. The molecule has 192 valence electrons. The average Bonchev–Trinajstić information content (AvgIpc) is 3.23. The number of halogens is 1. The van der Waals surface area contributed by atoms with Crippen LogP contribution in [0.25, 0.3) is 0 Å². The van der Waals surface area contributed by atoms with E-state index >= 15 is 0 Å². The van der Waals surface area contributed by atoms with Gasteiger partial charge in [-0.3, -0.25) is 14.4 Å². The molecule has 2 bridgehead atoms. The van der Waals surface area contributed by atoms with E-state index in [1.165, 1.54) is 12.0 Å². The second kappa shape index (κ2) is 8.82. The van der Waals surface area contributed by atoms with Gasteiger partial charge in [0, 0.05) is 22.4 Å². The molecule has 2 atom stereocenters. The number of carbonyl (C=O) groups excluding carboxylic acids is 3. The summed E-state index contributed by atoms with van der Waals surface area (Å²) in [6, 6.07) is 27.8. The number of benzene rings is 4. The number of anilines is 2. The summed E-state index contributed by atoms with van der Waals surface area (Å²) in [5.74, 6) is -1.73. The van der Waals surface area contributed by atoms with Gasteiger partial charge in [0.2, 0.25) is 11.8 Å². The molecule has 4 aliphatic rings. The SMILES string of the molecule is COc1ccc(Cl)cc1NC(=O)c1cccc(N2C(=O)[C@H]3C4c5ccccc5C(c5ccccc54)[C@@H]3C2=O)c1. The predicted molar refractivity (Wildman–Crippen MR) is 148 cm³/mol. The van der Waals surface area contributed by atoms with E-state index in [-0.39, 0.29) is 23.7 Å². The number of imide groups is 1. The molecule has 0 saturated carbocycles. The lowest BCUT2D eigenvalue weighted by Crippen LogP contribution is -2.41. The van der Waals surface area contributed by atoms with E-state index in [0.29, 0.717) is 27.7 Å². The van der Waals surface area contributed by atoms with Crippen LogP contribution in [0.1, 0.15) is 44.4 Å². The van der Waals surface area contributed by atoms with Crippen LogP contribution in [-0.4, -0.2) is 24.8 Å². The third-order valence-electron chi connectivity index (χ3n) is 8.22. The van der Waals surface area contributed by atoms with Crippen LogP contribution in [0.3, 0.4) is 0 Å². The Balaban J connectivity index is 1.25. The maximum absolute atomic E-state index is 14.0. The fraction of sp³-hybridized carbons (Fsp3) is 0.156. The van der Waals surface area contributed by atoms with Crippen molar-refractivity contribution in [2.24, 2.45) is 11.8 Å². The van der Waals surface area contributed by atoms with Gasteiger partial charge in [0.15, 0.2) is 0 Å². The Labute approximate surface area is 230 Å². The Morgan fingerprint density at radius 2 is 1.33 bits per heavy atom. The summed E-state index contributed by atoms with van der Waals surface area (Å²) in [7, 11) is 1.51. The van der Waals surface area contributed by atoms with Gasteiger partial charge in [0.25, 0.3) is 5.91 Å². The van der Waals surface area contributed by atoms with E-state index < -0.39 is 17.7 Å². The number of hydrogen-bond donors (Lipinski definition) is 1. The summed E-state index contributed by atoms with van der Waals surface area (Å²) in [5, 5.41) is 3.27. The van der Waals surface area contributed by atoms with E-state index in [0.717, 1.165) is 22.3 Å².